The van der Waals surface area contributed by atoms with Gasteiger partial charge in [0.2, 0.25) is 16.0 Å². The van der Waals surface area contributed by atoms with Crippen LogP contribution >= 0.6 is 0 Å². The summed E-state index contributed by atoms with van der Waals surface area (Å²) in [6.45, 7) is 3.65. The summed E-state index contributed by atoms with van der Waals surface area (Å²) in [5.41, 5.74) is 0.670. The molecule has 13 nitrogen and oxygen atoms in total. The van der Waals surface area contributed by atoms with Gasteiger partial charge in [0.25, 0.3) is 5.91 Å². The van der Waals surface area contributed by atoms with Crippen LogP contribution in [0.2, 0.25) is 0 Å². The highest BCUT2D eigenvalue weighted by Crippen LogP contribution is 2.37. The molecule has 4 aromatic rings. The number of ether oxygens (including phenoxy) is 2. The number of sulfonamides is 1. The van der Waals surface area contributed by atoms with Gasteiger partial charge in [0.1, 0.15) is 34.4 Å². The summed E-state index contributed by atoms with van der Waals surface area (Å²) < 4.78 is 54.9. The van der Waals surface area contributed by atoms with Crippen LogP contribution in [0, 0.1) is 5.82 Å². The fraction of sp³-hybridized carbons (Fsp3) is 0.280. The van der Waals surface area contributed by atoms with E-state index in [1.54, 1.807) is 43.3 Å². The normalized spacial score (nSPS) is 12.0. The first-order valence-electron chi connectivity index (χ1n) is 12.1. The van der Waals surface area contributed by atoms with Crippen LogP contribution in [0.4, 0.5) is 10.3 Å². The van der Waals surface area contributed by atoms with E-state index in [2.05, 4.69) is 35.2 Å². The van der Waals surface area contributed by atoms with Gasteiger partial charge in [0.15, 0.2) is 11.6 Å². The van der Waals surface area contributed by atoms with E-state index in [0.717, 1.165) is 12.4 Å². The van der Waals surface area contributed by atoms with E-state index in [1.807, 2.05) is 0 Å². The second-order valence-corrected chi connectivity index (χ2v) is 10.5. The highest BCUT2D eigenvalue weighted by molar-refractivity contribution is 7.93. The Hall–Kier alpha value is -4.66. The van der Waals surface area contributed by atoms with Crippen molar-refractivity contribution in [2.75, 3.05) is 25.5 Å². The minimum atomic E-state index is -4.10. The topological polar surface area (TPSA) is 163 Å². The zero-order chi connectivity index (χ0) is 28.9. The third-order valence-corrected chi connectivity index (χ3v) is 7.44. The standard InChI is InChI=1S/C25H27FN8O5S/c1-5-27-24(35)18-9-6-8-17(30-18)23-31-32-25(34(23)22-19(38-3)10-7-11-20(22)39-4)33-40(36,37)15(2)12-21-28-13-16(26)14-29-21/h6-11,13-15H,5,12H2,1-4H3,(H,27,35)(H,32,33). The van der Waals surface area contributed by atoms with Gasteiger partial charge < -0.3 is 14.8 Å². The van der Waals surface area contributed by atoms with Crippen LogP contribution in [0.25, 0.3) is 17.2 Å². The number of hydrogen-bond donors (Lipinski definition) is 2. The molecule has 1 amide bonds. The van der Waals surface area contributed by atoms with Gasteiger partial charge in [0, 0.05) is 13.0 Å². The molecule has 0 saturated carbocycles. The molecule has 0 saturated heterocycles. The van der Waals surface area contributed by atoms with Gasteiger partial charge >= 0.3 is 0 Å². The lowest BCUT2D eigenvalue weighted by Crippen LogP contribution is -2.29. The average Bonchev–Trinajstić information content (AvgIpc) is 3.36. The van der Waals surface area contributed by atoms with Crippen molar-refractivity contribution >= 4 is 21.9 Å². The van der Waals surface area contributed by atoms with Crippen molar-refractivity contribution < 1.29 is 27.1 Å². The van der Waals surface area contributed by atoms with Crippen molar-refractivity contribution in [3.8, 4) is 28.7 Å². The van der Waals surface area contributed by atoms with Crippen molar-refractivity contribution in [3.05, 3.63) is 66.1 Å². The maximum Gasteiger partial charge on any atom is 0.269 e. The number of aromatic nitrogens is 6. The molecule has 40 heavy (non-hydrogen) atoms. The van der Waals surface area contributed by atoms with Crippen LogP contribution < -0.4 is 19.5 Å². The largest absolute Gasteiger partial charge is 0.494 e. The lowest BCUT2D eigenvalue weighted by Gasteiger charge is -2.19. The summed E-state index contributed by atoms with van der Waals surface area (Å²) >= 11 is 0. The number of halogens is 1. The number of rotatable bonds is 11. The summed E-state index contributed by atoms with van der Waals surface area (Å²) in [6, 6.07) is 9.80. The number of carbonyl (C=O) groups is 1. The molecular formula is C25H27FN8O5S. The Bertz CT molecular complexity index is 1590. The fourth-order valence-electron chi connectivity index (χ4n) is 3.76. The monoisotopic (exact) mass is 570 g/mol. The Labute approximate surface area is 229 Å². The second-order valence-electron chi connectivity index (χ2n) is 8.44. The highest BCUT2D eigenvalue weighted by Gasteiger charge is 2.29. The molecule has 3 heterocycles. The van der Waals surface area contributed by atoms with E-state index in [1.165, 1.54) is 25.7 Å². The first kappa shape index (κ1) is 28.4. The van der Waals surface area contributed by atoms with E-state index >= 15 is 0 Å². The van der Waals surface area contributed by atoms with Crippen LogP contribution in [-0.4, -0.2) is 70.1 Å². The van der Waals surface area contributed by atoms with E-state index in [9.17, 15) is 17.6 Å². The zero-order valence-corrected chi connectivity index (χ0v) is 22.9. The maximum absolute atomic E-state index is 13.4. The number of anilines is 1. The molecule has 0 spiro atoms. The fourth-order valence-corrected chi connectivity index (χ4v) is 4.71. The molecular weight excluding hydrogens is 543 g/mol. The zero-order valence-electron chi connectivity index (χ0n) is 22.1. The molecule has 0 bridgehead atoms. The summed E-state index contributed by atoms with van der Waals surface area (Å²) in [4.78, 5) is 24.6. The van der Waals surface area contributed by atoms with E-state index < -0.39 is 21.1 Å². The summed E-state index contributed by atoms with van der Waals surface area (Å²) in [6.07, 6.45) is 1.84. The SMILES string of the molecule is CCNC(=O)c1cccc(-c2nnc(NS(=O)(=O)C(C)Cc3ncc(F)cn3)n2-c2c(OC)cccc2OC)n1. The predicted molar refractivity (Wildman–Crippen MR) is 143 cm³/mol. The van der Waals surface area contributed by atoms with Crippen molar-refractivity contribution in [1.29, 1.82) is 0 Å². The Balaban J connectivity index is 1.83. The van der Waals surface area contributed by atoms with E-state index in [-0.39, 0.29) is 41.3 Å². The van der Waals surface area contributed by atoms with Crippen molar-refractivity contribution in [3.63, 3.8) is 0 Å². The van der Waals surface area contributed by atoms with Gasteiger partial charge in [-0.3, -0.25) is 14.1 Å². The molecule has 0 radical (unpaired) electrons. The molecule has 0 fully saturated rings. The van der Waals surface area contributed by atoms with Crippen molar-refractivity contribution in [2.24, 2.45) is 0 Å². The predicted octanol–water partition coefficient (Wildman–Crippen LogP) is 2.40. The van der Waals surface area contributed by atoms with Crippen LogP contribution in [0.5, 0.6) is 11.5 Å². The number of amides is 1. The van der Waals surface area contributed by atoms with Gasteiger partial charge in [-0.1, -0.05) is 12.1 Å². The summed E-state index contributed by atoms with van der Waals surface area (Å²) in [5.74, 6) is -0.283. The number of carbonyl (C=O) groups excluding carboxylic acids is 1. The second kappa shape index (κ2) is 12.0. The molecule has 0 aliphatic carbocycles. The molecule has 1 aromatic carbocycles. The number of hydrogen-bond acceptors (Lipinski definition) is 10. The molecule has 15 heteroatoms. The van der Waals surface area contributed by atoms with Gasteiger partial charge in [-0.15, -0.1) is 10.2 Å². The quantitative estimate of drug-likeness (QED) is 0.274. The number of pyridine rings is 1. The van der Waals surface area contributed by atoms with Crippen LogP contribution in [-0.2, 0) is 16.4 Å². The average molecular weight is 571 g/mol. The molecule has 1 unspecified atom stereocenters. The van der Waals surface area contributed by atoms with Gasteiger partial charge in [-0.25, -0.2) is 27.8 Å². The highest BCUT2D eigenvalue weighted by atomic mass is 32.2. The van der Waals surface area contributed by atoms with Crippen LogP contribution in [0.1, 0.15) is 30.2 Å². The molecule has 4 rings (SSSR count). The maximum atomic E-state index is 13.4. The smallest absolute Gasteiger partial charge is 0.269 e. The van der Waals surface area contributed by atoms with Crippen LogP contribution in [0.3, 0.4) is 0 Å². The van der Waals surface area contributed by atoms with E-state index in [0.29, 0.717) is 23.7 Å². The molecule has 0 aliphatic rings. The van der Waals surface area contributed by atoms with Crippen LogP contribution in [0.15, 0.2) is 48.8 Å². The molecule has 0 aliphatic heterocycles. The Morgan fingerprint density at radius 3 is 2.33 bits per heavy atom. The Morgan fingerprint density at radius 1 is 1.05 bits per heavy atom. The first-order valence-corrected chi connectivity index (χ1v) is 13.6. The van der Waals surface area contributed by atoms with Gasteiger partial charge in [-0.05, 0) is 38.1 Å². The summed E-state index contributed by atoms with van der Waals surface area (Å²) in [5, 5.41) is 9.97. The van der Waals surface area contributed by atoms with E-state index in [4.69, 9.17) is 9.47 Å². The molecule has 3 aromatic heterocycles. The van der Waals surface area contributed by atoms with Crippen molar-refractivity contribution in [1.82, 2.24) is 35.0 Å². The van der Waals surface area contributed by atoms with Gasteiger partial charge in [-0.2, -0.15) is 0 Å². The minimum absolute atomic E-state index is 0.0925. The molecule has 210 valence electrons. The number of benzene rings is 1. The third kappa shape index (κ3) is 5.98. The Morgan fingerprint density at radius 2 is 1.70 bits per heavy atom. The Kier molecular flexibility index (Phi) is 8.52. The summed E-state index contributed by atoms with van der Waals surface area (Å²) in [7, 11) is -1.20. The molecule has 2 N–H and O–H groups in total. The lowest BCUT2D eigenvalue weighted by molar-refractivity contribution is 0.0951. The minimum Gasteiger partial charge on any atom is -0.494 e. The number of methoxy groups -OCH3 is 2. The van der Waals surface area contributed by atoms with Gasteiger partial charge in [0.05, 0.1) is 31.9 Å². The molecule has 1 atom stereocenters. The number of nitrogens with one attached hydrogen (secondary N) is 2. The van der Waals surface area contributed by atoms with Crippen molar-refractivity contribution in [2.45, 2.75) is 25.5 Å². The third-order valence-electron chi connectivity index (χ3n) is 5.74. The number of nitrogens with zero attached hydrogens (tertiary/aromatic N) is 6. The number of para-hydroxylation sites is 1. The first-order chi connectivity index (χ1) is 19.2. The lowest BCUT2D eigenvalue weighted by atomic mass is 10.2.